The minimum absolute atomic E-state index is 0.0327. The molecule has 1 heterocycles. The molecular formula is C26H28O6. The summed E-state index contributed by atoms with van der Waals surface area (Å²) in [6, 6.07) is 6.22. The third-order valence-electron chi connectivity index (χ3n) is 5.40. The van der Waals surface area contributed by atoms with E-state index in [9.17, 15) is 20.1 Å². The highest BCUT2D eigenvalue weighted by Gasteiger charge is 2.26. The third kappa shape index (κ3) is 4.41. The first-order valence-corrected chi connectivity index (χ1v) is 10.3. The molecule has 32 heavy (non-hydrogen) atoms. The molecule has 0 saturated carbocycles. The number of rotatable bonds is 7. The number of benzene rings is 2. The summed E-state index contributed by atoms with van der Waals surface area (Å²) in [5, 5.41) is 31.3. The molecule has 0 fully saturated rings. The van der Waals surface area contributed by atoms with Crippen LogP contribution in [0.15, 0.2) is 63.5 Å². The Kier molecular flexibility index (Phi) is 6.75. The van der Waals surface area contributed by atoms with Crippen LogP contribution in [0.4, 0.5) is 0 Å². The Morgan fingerprint density at radius 3 is 2.38 bits per heavy atom. The topological polar surface area (TPSA) is 100 Å². The van der Waals surface area contributed by atoms with Crippen molar-refractivity contribution in [3.05, 3.63) is 75.7 Å². The summed E-state index contributed by atoms with van der Waals surface area (Å²) in [5.41, 5.74) is 3.10. The zero-order chi connectivity index (χ0) is 23.6. The molecule has 168 valence electrons. The number of aliphatic hydroxyl groups is 1. The number of aliphatic hydroxyl groups excluding tert-OH is 1. The summed E-state index contributed by atoms with van der Waals surface area (Å²) in [6.07, 6.45) is 2.73. The second kappa shape index (κ2) is 9.32. The third-order valence-corrected chi connectivity index (χ3v) is 5.40. The van der Waals surface area contributed by atoms with E-state index in [1.807, 2.05) is 19.9 Å². The predicted molar refractivity (Wildman–Crippen MR) is 125 cm³/mol. The Bertz CT molecular complexity index is 1240. The summed E-state index contributed by atoms with van der Waals surface area (Å²) >= 11 is 0. The van der Waals surface area contributed by atoms with Gasteiger partial charge in [-0.1, -0.05) is 35.9 Å². The molecule has 0 aliphatic carbocycles. The predicted octanol–water partition coefficient (Wildman–Crippen LogP) is 4.87. The molecule has 1 atom stereocenters. The standard InChI is InChI=1S/C26H28O6/c1-14(2)6-11-18-23(29)19(12-21(28)15(3)4)25(31-5)22-24(30)20(13-32-26(18)22)16-7-9-17(27)10-8-16/h6-10,13,21,27-29H,3,11-12H2,1-2,4-5H3/t21-/m1/s1. The first-order chi connectivity index (χ1) is 15.1. The fourth-order valence-electron chi connectivity index (χ4n) is 3.56. The van der Waals surface area contributed by atoms with Crippen molar-refractivity contribution >= 4 is 11.0 Å². The van der Waals surface area contributed by atoms with Gasteiger partial charge in [-0.25, -0.2) is 0 Å². The number of hydrogen-bond acceptors (Lipinski definition) is 6. The highest BCUT2D eigenvalue weighted by molar-refractivity contribution is 5.93. The van der Waals surface area contributed by atoms with E-state index in [4.69, 9.17) is 9.15 Å². The molecule has 0 amide bonds. The van der Waals surface area contributed by atoms with Gasteiger partial charge >= 0.3 is 0 Å². The van der Waals surface area contributed by atoms with Crippen molar-refractivity contribution in [3.63, 3.8) is 0 Å². The second-order valence-electron chi connectivity index (χ2n) is 8.12. The molecule has 0 radical (unpaired) electrons. The van der Waals surface area contributed by atoms with E-state index >= 15 is 0 Å². The van der Waals surface area contributed by atoms with Gasteiger partial charge in [-0.05, 0) is 44.9 Å². The number of hydrogen-bond donors (Lipinski definition) is 3. The second-order valence-corrected chi connectivity index (χ2v) is 8.12. The minimum Gasteiger partial charge on any atom is -0.508 e. The molecule has 6 heteroatoms. The molecule has 0 spiro atoms. The summed E-state index contributed by atoms with van der Waals surface area (Å²) < 4.78 is 11.5. The number of fused-ring (bicyclic) bond motifs is 1. The average molecular weight is 437 g/mol. The Labute approximate surface area is 186 Å². The lowest BCUT2D eigenvalue weighted by molar-refractivity contribution is 0.209. The van der Waals surface area contributed by atoms with Crippen molar-refractivity contribution < 1.29 is 24.5 Å². The van der Waals surface area contributed by atoms with Crippen LogP contribution in [-0.2, 0) is 12.8 Å². The molecule has 0 aliphatic heterocycles. The number of ether oxygens (including phenoxy) is 1. The SMILES string of the molecule is C=C(C)[C@H](O)Cc1c(O)c(CC=C(C)C)c2occ(-c3ccc(O)cc3)c(=O)c2c1OC. The average Bonchev–Trinajstić information content (AvgIpc) is 2.74. The van der Waals surface area contributed by atoms with Gasteiger partial charge in [-0.2, -0.15) is 0 Å². The van der Waals surface area contributed by atoms with Crippen LogP contribution in [0.5, 0.6) is 17.2 Å². The quantitative estimate of drug-likeness (QED) is 0.457. The maximum absolute atomic E-state index is 13.6. The summed E-state index contributed by atoms with van der Waals surface area (Å²) in [6.45, 7) is 9.34. The molecule has 1 aromatic heterocycles. The molecule has 3 rings (SSSR count). The van der Waals surface area contributed by atoms with E-state index in [-0.39, 0.29) is 40.1 Å². The van der Waals surface area contributed by atoms with Crippen LogP contribution in [0.25, 0.3) is 22.1 Å². The van der Waals surface area contributed by atoms with E-state index in [2.05, 4.69) is 6.58 Å². The number of phenolic OH excluding ortho intramolecular Hbond substituents is 2. The number of allylic oxidation sites excluding steroid dienone is 2. The van der Waals surface area contributed by atoms with Crippen molar-refractivity contribution in [2.75, 3.05) is 7.11 Å². The van der Waals surface area contributed by atoms with Crippen LogP contribution in [0.3, 0.4) is 0 Å². The number of methoxy groups -OCH3 is 1. The molecule has 3 aromatic rings. The van der Waals surface area contributed by atoms with Gasteiger partial charge in [0.15, 0.2) is 0 Å². The molecule has 0 bridgehead atoms. The lowest BCUT2D eigenvalue weighted by Crippen LogP contribution is -2.15. The monoisotopic (exact) mass is 436 g/mol. The van der Waals surface area contributed by atoms with Gasteiger partial charge in [-0.15, -0.1) is 0 Å². The first kappa shape index (κ1) is 23.2. The van der Waals surface area contributed by atoms with Gasteiger partial charge in [0.25, 0.3) is 0 Å². The molecular weight excluding hydrogens is 408 g/mol. The van der Waals surface area contributed by atoms with Crippen LogP contribution in [-0.4, -0.2) is 28.5 Å². The van der Waals surface area contributed by atoms with Crippen molar-refractivity contribution in [1.82, 2.24) is 0 Å². The molecule has 0 aliphatic rings. The Morgan fingerprint density at radius 1 is 1.16 bits per heavy atom. The fourth-order valence-corrected chi connectivity index (χ4v) is 3.56. The van der Waals surface area contributed by atoms with Crippen LogP contribution < -0.4 is 10.2 Å². The molecule has 0 saturated heterocycles. The smallest absolute Gasteiger partial charge is 0.204 e. The van der Waals surface area contributed by atoms with Gasteiger partial charge in [-0.3, -0.25) is 4.79 Å². The van der Waals surface area contributed by atoms with Gasteiger partial charge in [0.2, 0.25) is 5.43 Å². The Balaban J connectivity index is 2.39. The molecule has 6 nitrogen and oxygen atoms in total. The maximum Gasteiger partial charge on any atom is 0.204 e. The zero-order valence-electron chi connectivity index (χ0n) is 18.7. The van der Waals surface area contributed by atoms with Crippen LogP contribution in [0.2, 0.25) is 0 Å². The van der Waals surface area contributed by atoms with E-state index in [1.165, 1.54) is 25.5 Å². The largest absolute Gasteiger partial charge is 0.508 e. The highest BCUT2D eigenvalue weighted by Crippen LogP contribution is 2.41. The number of aromatic hydroxyl groups is 2. The number of phenols is 2. The molecule has 0 unspecified atom stereocenters. The molecule has 3 N–H and O–H groups in total. The lowest BCUT2D eigenvalue weighted by atomic mass is 9.93. The van der Waals surface area contributed by atoms with E-state index in [0.29, 0.717) is 34.2 Å². The maximum atomic E-state index is 13.6. The Morgan fingerprint density at radius 2 is 1.81 bits per heavy atom. The van der Waals surface area contributed by atoms with Crippen LogP contribution in [0, 0.1) is 0 Å². The Hall–Kier alpha value is -3.51. The van der Waals surface area contributed by atoms with E-state index in [1.54, 1.807) is 19.1 Å². The highest BCUT2D eigenvalue weighted by atomic mass is 16.5. The summed E-state index contributed by atoms with van der Waals surface area (Å²) in [5.74, 6) is 0.169. The van der Waals surface area contributed by atoms with E-state index < -0.39 is 6.10 Å². The van der Waals surface area contributed by atoms with E-state index in [0.717, 1.165) is 5.57 Å². The van der Waals surface area contributed by atoms with Gasteiger partial charge < -0.3 is 24.5 Å². The normalized spacial score (nSPS) is 11.9. The summed E-state index contributed by atoms with van der Waals surface area (Å²) in [4.78, 5) is 13.6. The molecule has 2 aromatic carbocycles. The van der Waals surface area contributed by atoms with Gasteiger partial charge in [0.05, 0.1) is 18.8 Å². The minimum atomic E-state index is -0.920. The van der Waals surface area contributed by atoms with Crippen molar-refractivity contribution in [3.8, 4) is 28.4 Å². The van der Waals surface area contributed by atoms with Gasteiger partial charge in [0.1, 0.15) is 34.5 Å². The van der Waals surface area contributed by atoms with Crippen molar-refractivity contribution in [2.24, 2.45) is 0 Å². The van der Waals surface area contributed by atoms with Crippen molar-refractivity contribution in [1.29, 1.82) is 0 Å². The lowest BCUT2D eigenvalue weighted by Gasteiger charge is -2.19. The van der Waals surface area contributed by atoms with Crippen LogP contribution >= 0.6 is 0 Å². The summed E-state index contributed by atoms with van der Waals surface area (Å²) in [7, 11) is 1.41. The van der Waals surface area contributed by atoms with Crippen LogP contribution in [0.1, 0.15) is 31.9 Å². The fraction of sp³-hybridized carbons (Fsp3) is 0.269. The zero-order valence-corrected chi connectivity index (χ0v) is 18.7. The first-order valence-electron chi connectivity index (χ1n) is 10.3. The van der Waals surface area contributed by atoms with Crippen molar-refractivity contribution in [2.45, 2.75) is 39.7 Å². The van der Waals surface area contributed by atoms with Gasteiger partial charge in [0, 0.05) is 17.5 Å².